The maximum Gasteiger partial charge on any atom is 0.417 e. The Hall–Kier alpha value is -3.73. The molecule has 1 atom stereocenters. The molecule has 3 N–H and O–H groups in total. The van der Waals surface area contributed by atoms with Crippen LogP contribution in [-0.2, 0) is 17.5 Å². The number of nitrogens with one attached hydrogen (secondary N) is 2. The molecule has 3 aromatic rings. The molecule has 31 heavy (non-hydrogen) atoms. The monoisotopic (exact) mass is 434 g/mol. The first-order valence-corrected chi connectivity index (χ1v) is 9.04. The van der Waals surface area contributed by atoms with Crippen molar-refractivity contribution >= 4 is 28.8 Å². The Labute approximate surface area is 173 Å². The predicted octanol–water partition coefficient (Wildman–Crippen LogP) is 1.77. The van der Waals surface area contributed by atoms with E-state index >= 15 is 0 Å². The van der Waals surface area contributed by atoms with Crippen LogP contribution >= 0.6 is 0 Å². The fraction of sp³-hybridized carbons (Fsp3) is 0.200. The number of rotatable bonds is 7. The van der Waals surface area contributed by atoms with Crippen molar-refractivity contribution in [3.8, 4) is 0 Å². The van der Waals surface area contributed by atoms with Gasteiger partial charge >= 0.3 is 6.18 Å². The largest absolute Gasteiger partial charge is 0.417 e. The molecule has 0 radical (unpaired) electrons. The van der Waals surface area contributed by atoms with Crippen LogP contribution in [0.1, 0.15) is 15.9 Å². The first kappa shape index (κ1) is 22.0. The van der Waals surface area contributed by atoms with Gasteiger partial charge in [0.25, 0.3) is 11.5 Å². The van der Waals surface area contributed by atoms with E-state index in [1.165, 1.54) is 41.2 Å². The molecule has 1 aromatic heterocycles. The smallest absolute Gasteiger partial charge is 0.367 e. The molecule has 0 bridgehead atoms. The summed E-state index contributed by atoms with van der Waals surface area (Å²) >= 11 is 0. The number of aldehydes is 1. The lowest BCUT2D eigenvalue weighted by Gasteiger charge is -2.13. The maximum atomic E-state index is 13.1. The van der Waals surface area contributed by atoms with E-state index in [9.17, 15) is 32.7 Å². The van der Waals surface area contributed by atoms with E-state index in [2.05, 4.69) is 15.6 Å². The van der Waals surface area contributed by atoms with Crippen molar-refractivity contribution in [3.05, 3.63) is 70.3 Å². The summed E-state index contributed by atoms with van der Waals surface area (Å²) in [5.41, 5.74) is -1.33. The zero-order chi connectivity index (χ0) is 22.6. The van der Waals surface area contributed by atoms with Crippen LogP contribution in [0.5, 0.6) is 0 Å². The van der Waals surface area contributed by atoms with E-state index in [0.717, 1.165) is 12.1 Å². The Morgan fingerprint density at radius 2 is 1.97 bits per heavy atom. The Bertz CT molecular complexity index is 1180. The van der Waals surface area contributed by atoms with Crippen molar-refractivity contribution in [2.75, 3.05) is 11.9 Å². The van der Waals surface area contributed by atoms with Crippen LogP contribution in [0.4, 0.5) is 18.9 Å². The number of carbonyl (C=O) groups is 2. The molecule has 0 fully saturated rings. The Morgan fingerprint density at radius 1 is 1.23 bits per heavy atom. The number of aliphatic hydroxyl groups excluding tert-OH is 1. The van der Waals surface area contributed by atoms with Gasteiger partial charge in [-0.25, -0.2) is 4.98 Å². The number of nitrogens with zero attached hydrogens (tertiary/aromatic N) is 2. The lowest BCUT2D eigenvalue weighted by Crippen LogP contribution is -2.32. The summed E-state index contributed by atoms with van der Waals surface area (Å²) in [6, 6.07) is 8.88. The standard InChI is InChI=1S/C20H17F3N4O4/c21-20(22,23)15-4-2-1-3-13(15)18(30)24-7-8-27-11-25-16-6-5-12(26-17(29)10-28)9-14(16)19(27)31/h1-6,9-11,17,26,29H,7-8H2,(H,24,30). The molecule has 1 heterocycles. The number of hydrogen-bond donors (Lipinski definition) is 3. The molecule has 0 saturated heterocycles. The highest BCUT2D eigenvalue weighted by molar-refractivity contribution is 5.95. The number of amides is 1. The van der Waals surface area contributed by atoms with Gasteiger partial charge in [-0.15, -0.1) is 0 Å². The quantitative estimate of drug-likeness (QED) is 0.386. The average molecular weight is 434 g/mol. The molecule has 162 valence electrons. The van der Waals surface area contributed by atoms with Gasteiger partial charge < -0.3 is 15.7 Å². The van der Waals surface area contributed by atoms with E-state index in [1.54, 1.807) is 0 Å². The van der Waals surface area contributed by atoms with Crippen LogP contribution in [0.25, 0.3) is 10.9 Å². The van der Waals surface area contributed by atoms with Gasteiger partial charge in [-0.2, -0.15) is 13.2 Å². The molecule has 0 aliphatic rings. The Balaban J connectivity index is 1.74. The molecule has 0 aliphatic carbocycles. The number of aromatic nitrogens is 2. The average Bonchev–Trinajstić information content (AvgIpc) is 2.75. The Kier molecular flexibility index (Phi) is 6.35. The van der Waals surface area contributed by atoms with Gasteiger partial charge in [0.1, 0.15) is 0 Å². The normalized spacial score (nSPS) is 12.4. The lowest BCUT2D eigenvalue weighted by molar-refractivity contribution is -0.138. The minimum Gasteiger partial charge on any atom is -0.367 e. The van der Waals surface area contributed by atoms with Gasteiger partial charge in [0.2, 0.25) is 0 Å². The minimum atomic E-state index is -4.67. The van der Waals surface area contributed by atoms with E-state index < -0.39 is 35.0 Å². The van der Waals surface area contributed by atoms with Crippen molar-refractivity contribution in [3.63, 3.8) is 0 Å². The van der Waals surface area contributed by atoms with Crippen molar-refractivity contribution in [1.29, 1.82) is 0 Å². The number of carbonyl (C=O) groups excluding carboxylic acids is 2. The fourth-order valence-corrected chi connectivity index (χ4v) is 2.93. The first-order chi connectivity index (χ1) is 14.7. The number of fused-ring (bicyclic) bond motifs is 1. The number of alkyl halides is 3. The second-order valence-corrected chi connectivity index (χ2v) is 6.50. The maximum absolute atomic E-state index is 13.1. The molecule has 3 rings (SSSR count). The third-order valence-electron chi connectivity index (χ3n) is 4.38. The second-order valence-electron chi connectivity index (χ2n) is 6.50. The van der Waals surface area contributed by atoms with Gasteiger partial charge in [0, 0.05) is 18.8 Å². The lowest BCUT2D eigenvalue weighted by atomic mass is 10.1. The van der Waals surface area contributed by atoms with Gasteiger partial charge in [0.05, 0.1) is 28.4 Å². The van der Waals surface area contributed by atoms with Gasteiger partial charge in [-0.05, 0) is 30.3 Å². The summed E-state index contributed by atoms with van der Waals surface area (Å²) in [5, 5.41) is 14.4. The molecule has 0 spiro atoms. The topological polar surface area (TPSA) is 113 Å². The van der Waals surface area contributed by atoms with Crippen LogP contribution < -0.4 is 16.2 Å². The number of anilines is 1. The third kappa shape index (κ3) is 5.07. The zero-order valence-corrected chi connectivity index (χ0v) is 15.9. The molecule has 11 heteroatoms. The van der Waals surface area contributed by atoms with E-state index in [1.807, 2.05) is 0 Å². The van der Waals surface area contributed by atoms with E-state index in [0.29, 0.717) is 11.2 Å². The van der Waals surface area contributed by atoms with E-state index in [-0.39, 0.29) is 24.8 Å². The number of aliphatic hydroxyl groups is 1. The highest BCUT2D eigenvalue weighted by atomic mass is 19.4. The summed E-state index contributed by atoms with van der Waals surface area (Å²) in [5.74, 6) is -0.913. The minimum absolute atomic E-state index is 0.0314. The molecule has 0 aliphatic heterocycles. The molecule has 1 unspecified atom stereocenters. The van der Waals surface area contributed by atoms with Gasteiger partial charge in [-0.3, -0.25) is 19.0 Å². The van der Waals surface area contributed by atoms with Crippen LogP contribution in [0.15, 0.2) is 53.6 Å². The van der Waals surface area contributed by atoms with Crippen LogP contribution in [0, 0.1) is 0 Å². The van der Waals surface area contributed by atoms with Crippen molar-refractivity contribution in [2.45, 2.75) is 18.9 Å². The predicted molar refractivity (Wildman–Crippen MR) is 105 cm³/mol. The summed E-state index contributed by atoms with van der Waals surface area (Å²) in [6.07, 6.45) is -4.57. The molecule has 0 saturated carbocycles. The second kappa shape index (κ2) is 8.96. The summed E-state index contributed by atoms with van der Waals surface area (Å²) < 4.78 is 40.4. The highest BCUT2D eigenvalue weighted by Crippen LogP contribution is 2.31. The summed E-state index contributed by atoms with van der Waals surface area (Å²) in [7, 11) is 0. The van der Waals surface area contributed by atoms with Crippen molar-refractivity contribution in [2.24, 2.45) is 0 Å². The Morgan fingerprint density at radius 3 is 2.68 bits per heavy atom. The van der Waals surface area contributed by atoms with Crippen LogP contribution in [0.2, 0.25) is 0 Å². The summed E-state index contributed by atoms with van der Waals surface area (Å²) in [4.78, 5) is 39.6. The molecular weight excluding hydrogens is 417 g/mol. The molecule has 8 nitrogen and oxygen atoms in total. The van der Waals surface area contributed by atoms with Gasteiger partial charge in [0.15, 0.2) is 12.5 Å². The van der Waals surface area contributed by atoms with Gasteiger partial charge in [-0.1, -0.05) is 12.1 Å². The van der Waals surface area contributed by atoms with Crippen LogP contribution in [-0.4, -0.2) is 39.6 Å². The molecular formula is C20H17F3N4O4. The van der Waals surface area contributed by atoms with Crippen LogP contribution in [0.3, 0.4) is 0 Å². The van der Waals surface area contributed by atoms with E-state index in [4.69, 9.17) is 0 Å². The van der Waals surface area contributed by atoms with Crippen molar-refractivity contribution in [1.82, 2.24) is 14.9 Å². The first-order valence-electron chi connectivity index (χ1n) is 9.04. The molecule has 1 amide bonds. The fourth-order valence-electron chi connectivity index (χ4n) is 2.93. The van der Waals surface area contributed by atoms with Crippen molar-refractivity contribution < 1.29 is 27.9 Å². The number of halogens is 3. The zero-order valence-electron chi connectivity index (χ0n) is 15.9. The third-order valence-corrected chi connectivity index (χ3v) is 4.38. The number of benzene rings is 2. The molecule has 2 aromatic carbocycles. The highest BCUT2D eigenvalue weighted by Gasteiger charge is 2.34. The SMILES string of the molecule is O=CC(O)Nc1ccc2ncn(CCNC(=O)c3ccccc3C(F)(F)F)c(=O)c2c1. The number of hydrogen-bond acceptors (Lipinski definition) is 6. The summed E-state index contributed by atoms with van der Waals surface area (Å²) in [6.45, 7) is -0.143.